The van der Waals surface area contributed by atoms with Crippen LogP contribution in [0.5, 0.6) is 0 Å². The summed E-state index contributed by atoms with van der Waals surface area (Å²) in [5.41, 5.74) is -1.59. The molecule has 352 valence electrons. The van der Waals surface area contributed by atoms with E-state index in [1.807, 2.05) is 0 Å². The molecule has 0 aliphatic carbocycles. The Balaban J connectivity index is 0.000000202. The molecule has 15 nitrogen and oxygen atoms in total. The lowest BCUT2D eigenvalue weighted by atomic mass is 10.0. The van der Waals surface area contributed by atoms with E-state index in [1.165, 1.54) is 37.8 Å². The van der Waals surface area contributed by atoms with Crippen LogP contribution in [0.15, 0.2) is 125 Å². The van der Waals surface area contributed by atoms with Gasteiger partial charge in [0.15, 0.2) is 0 Å². The minimum atomic E-state index is -4.87. The number of hydrogen-bond donors (Lipinski definition) is 4. The monoisotopic (exact) mass is 1060 g/mol. The highest BCUT2D eigenvalue weighted by atomic mass is 35.5. The van der Waals surface area contributed by atoms with Gasteiger partial charge in [0.05, 0.1) is 52.4 Å². The van der Waals surface area contributed by atoms with E-state index in [-0.39, 0.29) is 44.1 Å². The number of aromatic nitrogens is 6. The average molecular weight is 1060 g/mol. The molecule has 8 rings (SSSR count). The second-order valence-electron chi connectivity index (χ2n) is 13.7. The van der Waals surface area contributed by atoms with Crippen LogP contribution in [0.25, 0.3) is 22.1 Å². The highest BCUT2D eigenvalue weighted by Gasteiger charge is 2.36. The quantitative estimate of drug-likeness (QED) is 0.0416. The van der Waals surface area contributed by atoms with Crippen LogP contribution in [0.2, 0.25) is 20.1 Å². The lowest BCUT2D eigenvalue weighted by Gasteiger charge is -2.15. The molecule has 0 unspecified atom stereocenters. The van der Waals surface area contributed by atoms with Crippen molar-refractivity contribution >= 4 is 111 Å². The summed E-state index contributed by atoms with van der Waals surface area (Å²) in [6.45, 7) is 0. The number of carbonyl (C=O) groups excluding carboxylic acids is 1. The van der Waals surface area contributed by atoms with Crippen molar-refractivity contribution in [1.29, 1.82) is 0 Å². The van der Waals surface area contributed by atoms with Gasteiger partial charge in [0, 0.05) is 59.1 Å². The van der Waals surface area contributed by atoms with Crippen LogP contribution in [0.1, 0.15) is 38.4 Å². The molecular weight excluding hydrogens is 1030 g/mol. The molecule has 6 heterocycles. The first kappa shape index (κ1) is 49.4. The van der Waals surface area contributed by atoms with Gasteiger partial charge in [-0.05, 0) is 72.8 Å². The molecule has 0 atom stereocenters. The minimum absolute atomic E-state index is 0.00198. The zero-order valence-corrected chi connectivity index (χ0v) is 38.3. The number of halogens is 10. The fourth-order valence-corrected chi connectivity index (χ4v) is 9.29. The first-order valence-electron chi connectivity index (χ1n) is 18.6. The third-order valence-corrected chi connectivity index (χ3v) is 13.1. The predicted molar refractivity (Wildman–Crippen MR) is 241 cm³/mol. The molecule has 27 heteroatoms. The molecule has 0 fully saturated rings. The van der Waals surface area contributed by atoms with Crippen LogP contribution in [-0.4, -0.2) is 65.3 Å². The standard InChI is InChI=1S/C21H14Cl2F3N5O3S.C20H11Cl2F3N4O3S/c1-34-30-18(13-4-6-27-20-14(13)5-7-28-20)19-17(8-11(22)10-29-19)31-35(32,33)12-2-3-16(23)15(9-12)21(24,25)26;21-10-7-16(29-33(31,32)11-1-2-15(22)14(8-11)20(23,24)25)17(28-9-10)18(30)12-3-5-26-19-13(12)4-6-27-19/h2-10,31H,1H3,(H,27,28);1-9,29H,(H,26,27). The molecule has 0 saturated heterocycles. The summed E-state index contributed by atoms with van der Waals surface area (Å²) in [7, 11) is -7.82. The van der Waals surface area contributed by atoms with Crippen molar-refractivity contribution in [3.63, 3.8) is 0 Å². The number of oxime groups is 1. The third kappa shape index (κ3) is 10.6. The topological polar surface area (TPSA) is 214 Å². The Morgan fingerprint density at radius 3 is 1.53 bits per heavy atom. The lowest BCUT2D eigenvalue weighted by Crippen LogP contribution is -2.18. The fourth-order valence-electron chi connectivity index (χ4n) is 6.35. The van der Waals surface area contributed by atoms with Gasteiger partial charge in [0.2, 0.25) is 5.78 Å². The van der Waals surface area contributed by atoms with E-state index in [2.05, 4.69) is 44.5 Å². The van der Waals surface area contributed by atoms with Crippen LogP contribution in [-0.2, 0) is 37.2 Å². The largest absolute Gasteiger partial charge is 0.417 e. The van der Waals surface area contributed by atoms with Crippen LogP contribution in [0, 0.1) is 0 Å². The molecule has 0 bridgehead atoms. The highest BCUT2D eigenvalue weighted by molar-refractivity contribution is 7.93. The van der Waals surface area contributed by atoms with Gasteiger partial charge in [-0.15, -0.1) is 0 Å². The number of carbonyl (C=O) groups is 1. The second kappa shape index (κ2) is 19.2. The van der Waals surface area contributed by atoms with Gasteiger partial charge in [-0.1, -0.05) is 51.6 Å². The zero-order chi connectivity index (χ0) is 49.3. The number of nitrogens with one attached hydrogen (secondary N) is 4. The lowest BCUT2D eigenvalue weighted by molar-refractivity contribution is -0.138. The SMILES string of the molecule is CON=C(c1ncc(Cl)cc1NS(=O)(=O)c1ccc(Cl)c(C(F)(F)F)c1)c1ccnc2[nH]ccc12.O=C(c1ncc(Cl)cc1NS(=O)(=O)c1ccc(Cl)c(C(F)(F)F)c1)c1ccnc2[nH]ccc12. The van der Waals surface area contributed by atoms with Crippen LogP contribution in [0.3, 0.4) is 0 Å². The van der Waals surface area contributed by atoms with E-state index < -0.39 is 69.1 Å². The van der Waals surface area contributed by atoms with E-state index in [0.29, 0.717) is 39.8 Å². The van der Waals surface area contributed by atoms with Gasteiger partial charge in [-0.3, -0.25) is 19.2 Å². The van der Waals surface area contributed by atoms with E-state index in [4.69, 9.17) is 51.2 Å². The smallest absolute Gasteiger partial charge is 0.399 e. The normalized spacial score (nSPS) is 12.4. The van der Waals surface area contributed by atoms with Crippen molar-refractivity contribution in [2.24, 2.45) is 5.16 Å². The van der Waals surface area contributed by atoms with Gasteiger partial charge in [0.1, 0.15) is 35.5 Å². The molecule has 0 aliphatic heterocycles. The van der Waals surface area contributed by atoms with E-state index >= 15 is 0 Å². The average Bonchev–Trinajstić information content (AvgIpc) is 3.96. The van der Waals surface area contributed by atoms with Crippen molar-refractivity contribution in [2.75, 3.05) is 16.6 Å². The van der Waals surface area contributed by atoms with Crippen molar-refractivity contribution < 1.29 is 52.8 Å². The van der Waals surface area contributed by atoms with Crippen molar-refractivity contribution in [1.82, 2.24) is 29.9 Å². The number of aromatic amines is 2. The summed E-state index contributed by atoms with van der Waals surface area (Å²) in [4.78, 5) is 39.0. The van der Waals surface area contributed by atoms with Gasteiger partial charge < -0.3 is 14.8 Å². The Morgan fingerprint density at radius 2 is 1.06 bits per heavy atom. The fraction of sp³-hybridized carbons (Fsp3) is 0.0732. The zero-order valence-electron chi connectivity index (χ0n) is 33.7. The summed E-state index contributed by atoms with van der Waals surface area (Å²) in [5.74, 6) is -0.650. The third-order valence-electron chi connectivity index (χ3n) is 9.35. The summed E-state index contributed by atoms with van der Waals surface area (Å²) in [6.07, 6.45) is -1.19. The number of rotatable bonds is 11. The van der Waals surface area contributed by atoms with Gasteiger partial charge in [-0.25, -0.2) is 31.8 Å². The Kier molecular flexibility index (Phi) is 14.0. The number of anilines is 2. The maximum absolute atomic E-state index is 13.3. The Labute approximate surface area is 399 Å². The van der Waals surface area contributed by atoms with Crippen LogP contribution in [0.4, 0.5) is 37.7 Å². The minimum Gasteiger partial charge on any atom is -0.399 e. The number of alkyl halides is 6. The van der Waals surface area contributed by atoms with Gasteiger partial charge >= 0.3 is 12.4 Å². The van der Waals surface area contributed by atoms with Crippen molar-refractivity contribution in [2.45, 2.75) is 22.1 Å². The molecule has 0 radical (unpaired) electrons. The summed E-state index contributed by atoms with van der Waals surface area (Å²) < 4.78 is 136. The van der Waals surface area contributed by atoms with Crippen LogP contribution < -0.4 is 9.44 Å². The number of hydrogen-bond acceptors (Lipinski definition) is 11. The van der Waals surface area contributed by atoms with Crippen molar-refractivity contribution in [3.8, 4) is 0 Å². The summed E-state index contributed by atoms with van der Waals surface area (Å²) in [5, 5.41) is 3.90. The van der Waals surface area contributed by atoms with Gasteiger partial charge in [-0.2, -0.15) is 26.3 Å². The van der Waals surface area contributed by atoms with Crippen molar-refractivity contribution in [3.05, 3.63) is 164 Å². The molecule has 0 amide bonds. The summed E-state index contributed by atoms with van der Waals surface area (Å²) in [6, 6.07) is 13.2. The molecule has 0 spiro atoms. The number of ketones is 1. The van der Waals surface area contributed by atoms with E-state index in [0.717, 1.165) is 36.5 Å². The number of benzene rings is 2. The molecule has 4 N–H and O–H groups in total. The predicted octanol–water partition coefficient (Wildman–Crippen LogP) is 10.8. The Hall–Kier alpha value is -6.50. The number of fused-ring (bicyclic) bond motifs is 2. The Morgan fingerprint density at radius 1 is 0.618 bits per heavy atom. The second-order valence-corrected chi connectivity index (χ2v) is 18.8. The van der Waals surface area contributed by atoms with E-state index in [1.54, 1.807) is 30.6 Å². The number of pyridine rings is 4. The maximum Gasteiger partial charge on any atom is 0.417 e. The number of nitrogens with zero attached hydrogens (tertiary/aromatic N) is 5. The Bertz CT molecular complexity index is 3520. The summed E-state index contributed by atoms with van der Waals surface area (Å²) >= 11 is 23.2. The maximum atomic E-state index is 13.3. The molecule has 8 aromatic rings. The highest BCUT2D eigenvalue weighted by Crippen LogP contribution is 2.38. The van der Waals surface area contributed by atoms with E-state index in [9.17, 15) is 48.0 Å². The molecular formula is C41H25Cl4F6N9O6S2. The number of sulfonamides is 2. The van der Waals surface area contributed by atoms with Crippen LogP contribution >= 0.6 is 46.4 Å². The molecule has 6 aromatic heterocycles. The molecule has 68 heavy (non-hydrogen) atoms. The first-order chi connectivity index (χ1) is 32.0. The number of H-pyrrole nitrogens is 2. The molecule has 2 aromatic carbocycles. The van der Waals surface area contributed by atoms with Gasteiger partial charge in [0.25, 0.3) is 20.0 Å². The first-order valence-corrected chi connectivity index (χ1v) is 23.1. The molecule has 0 aliphatic rings. The molecule has 0 saturated carbocycles.